The highest BCUT2D eigenvalue weighted by Crippen LogP contribution is 2.56. The van der Waals surface area contributed by atoms with Crippen molar-refractivity contribution in [1.82, 2.24) is 10.3 Å². The Morgan fingerprint density at radius 1 is 1.11 bits per heavy atom. The van der Waals surface area contributed by atoms with Crippen LogP contribution >= 0.6 is 34.8 Å². The third kappa shape index (κ3) is 5.56. The number of aliphatic carboxylic acids is 2. The monoisotopic (exact) mass is 556 g/mol. The van der Waals surface area contributed by atoms with Crippen LogP contribution in [0.5, 0.6) is 5.75 Å². The third-order valence-corrected chi connectivity index (χ3v) is 8.33. The Hall–Kier alpha value is -2.55. The zero-order valence-corrected chi connectivity index (χ0v) is 22.2. The van der Waals surface area contributed by atoms with Crippen molar-refractivity contribution < 1.29 is 29.3 Å². The average molecular weight is 558 g/mol. The highest BCUT2D eigenvalue weighted by molar-refractivity contribution is 6.36. The Labute approximate surface area is 223 Å². The molecular weight excluding hydrogens is 531 g/mol. The number of carboxylic acid groups (broad SMARTS) is 2. The van der Waals surface area contributed by atoms with Gasteiger partial charge in [0.25, 0.3) is 0 Å². The highest BCUT2D eigenvalue weighted by Gasteiger charge is 2.58. The van der Waals surface area contributed by atoms with Crippen LogP contribution in [-0.4, -0.2) is 39.1 Å². The van der Waals surface area contributed by atoms with Crippen molar-refractivity contribution in [2.24, 2.45) is 16.7 Å². The first-order chi connectivity index (χ1) is 16.8. The van der Waals surface area contributed by atoms with Crippen molar-refractivity contribution in [3.05, 3.63) is 56.8 Å². The molecule has 2 aromatic rings. The maximum absolute atomic E-state index is 13.0. The molecule has 1 aliphatic carbocycles. The lowest BCUT2D eigenvalue weighted by molar-refractivity contribution is -0.155. The fourth-order valence-corrected chi connectivity index (χ4v) is 5.26. The van der Waals surface area contributed by atoms with Crippen molar-refractivity contribution in [2.45, 2.75) is 52.7 Å². The van der Waals surface area contributed by atoms with Gasteiger partial charge in [-0.1, -0.05) is 54.7 Å². The largest absolute Gasteiger partial charge is 0.486 e. The molecule has 0 radical (unpaired) electrons. The van der Waals surface area contributed by atoms with Gasteiger partial charge in [-0.25, -0.2) is 9.78 Å². The van der Waals surface area contributed by atoms with Crippen LogP contribution in [0.2, 0.25) is 15.2 Å². The van der Waals surface area contributed by atoms with E-state index in [1.807, 2.05) is 0 Å². The number of carbonyl (C=O) groups is 3. The number of carboxylic acids is 2. The van der Waals surface area contributed by atoms with Crippen LogP contribution in [0, 0.1) is 16.7 Å². The molecular formula is C25H27Cl3N2O6. The molecule has 3 N–H and O–H groups in total. The Morgan fingerprint density at radius 2 is 1.75 bits per heavy atom. The molecule has 3 rings (SSSR count). The smallest absolute Gasteiger partial charge is 0.326 e. The van der Waals surface area contributed by atoms with Crippen LogP contribution in [0.1, 0.15) is 44.9 Å². The van der Waals surface area contributed by atoms with Gasteiger partial charge in [0, 0.05) is 33.6 Å². The molecule has 1 aromatic carbocycles. The van der Waals surface area contributed by atoms with Gasteiger partial charge in [0.1, 0.15) is 12.6 Å². The van der Waals surface area contributed by atoms with Crippen LogP contribution in [0.15, 0.2) is 30.3 Å². The SMILES string of the molecule is CC1(C)[C@H](C(=O)N[C@H](Cc2ccc(OCc3c(Cl)cccc3Cl)c(Cl)n2)C(=O)O)CC[C@@]1(C)C(=O)O. The molecule has 0 spiro atoms. The van der Waals surface area contributed by atoms with Gasteiger partial charge < -0.3 is 20.3 Å². The van der Waals surface area contributed by atoms with E-state index in [4.69, 9.17) is 39.5 Å². The fourth-order valence-electron chi connectivity index (χ4n) is 4.52. The zero-order valence-electron chi connectivity index (χ0n) is 20.0. The number of pyridine rings is 1. The summed E-state index contributed by atoms with van der Waals surface area (Å²) in [6.07, 6.45) is 0.545. The Morgan fingerprint density at radius 3 is 2.28 bits per heavy atom. The predicted molar refractivity (Wildman–Crippen MR) is 136 cm³/mol. The van der Waals surface area contributed by atoms with Crippen molar-refractivity contribution in [2.75, 3.05) is 0 Å². The Kier molecular flexibility index (Phi) is 8.43. The van der Waals surface area contributed by atoms with Crippen LogP contribution in [-0.2, 0) is 27.4 Å². The first kappa shape index (κ1) is 28.0. The van der Waals surface area contributed by atoms with E-state index in [2.05, 4.69) is 10.3 Å². The number of benzene rings is 1. The molecule has 1 heterocycles. The van der Waals surface area contributed by atoms with Crippen molar-refractivity contribution in [1.29, 1.82) is 0 Å². The Bertz CT molecular complexity index is 1170. The summed E-state index contributed by atoms with van der Waals surface area (Å²) in [5, 5.41) is 22.9. The number of carbonyl (C=O) groups excluding carboxylic acids is 1. The van der Waals surface area contributed by atoms with Crippen LogP contribution in [0.4, 0.5) is 0 Å². The summed E-state index contributed by atoms with van der Waals surface area (Å²) >= 11 is 18.6. The molecule has 36 heavy (non-hydrogen) atoms. The van der Waals surface area contributed by atoms with Gasteiger partial charge in [0.05, 0.1) is 5.41 Å². The molecule has 1 saturated carbocycles. The number of ether oxygens (including phenoxy) is 1. The summed E-state index contributed by atoms with van der Waals surface area (Å²) in [4.78, 5) is 41.0. The molecule has 1 amide bonds. The lowest BCUT2D eigenvalue weighted by atomic mass is 9.65. The van der Waals surface area contributed by atoms with E-state index in [1.165, 1.54) is 0 Å². The van der Waals surface area contributed by atoms with E-state index in [0.717, 1.165) is 0 Å². The van der Waals surface area contributed by atoms with E-state index in [-0.39, 0.29) is 23.9 Å². The second kappa shape index (κ2) is 10.8. The number of nitrogens with zero attached hydrogens (tertiary/aromatic N) is 1. The Balaban J connectivity index is 1.69. The highest BCUT2D eigenvalue weighted by atomic mass is 35.5. The van der Waals surface area contributed by atoms with Gasteiger partial charge in [0.15, 0.2) is 10.9 Å². The van der Waals surface area contributed by atoms with Gasteiger partial charge in [-0.3, -0.25) is 9.59 Å². The maximum Gasteiger partial charge on any atom is 0.326 e. The fraction of sp³-hybridized carbons (Fsp3) is 0.440. The minimum Gasteiger partial charge on any atom is -0.486 e. The third-order valence-electron chi connectivity index (χ3n) is 7.35. The van der Waals surface area contributed by atoms with Crippen molar-refractivity contribution in [3.8, 4) is 5.75 Å². The molecule has 0 bridgehead atoms. The molecule has 8 nitrogen and oxygen atoms in total. The summed E-state index contributed by atoms with van der Waals surface area (Å²) in [6.45, 7) is 5.13. The number of hydrogen-bond acceptors (Lipinski definition) is 5. The summed E-state index contributed by atoms with van der Waals surface area (Å²) in [5.41, 5.74) is -1.04. The first-order valence-electron chi connectivity index (χ1n) is 11.3. The summed E-state index contributed by atoms with van der Waals surface area (Å²) in [5.74, 6) is -3.11. The molecule has 1 fully saturated rings. The number of aromatic nitrogens is 1. The van der Waals surface area contributed by atoms with Crippen LogP contribution < -0.4 is 10.1 Å². The van der Waals surface area contributed by atoms with Gasteiger partial charge in [-0.2, -0.15) is 0 Å². The van der Waals surface area contributed by atoms with Crippen LogP contribution in [0.25, 0.3) is 0 Å². The second-order valence-electron chi connectivity index (χ2n) is 9.63. The summed E-state index contributed by atoms with van der Waals surface area (Å²) in [6, 6.07) is 6.91. The minimum absolute atomic E-state index is 0.0142. The molecule has 3 atom stereocenters. The lowest BCUT2D eigenvalue weighted by Gasteiger charge is -2.38. The van der Waals surface area contributed by atoms with Crippen molar-refractivity contribution >= 4 is 52.6 Å². The zero-order chi connectivity index (χ0) is 26.8. The quantitative estimate of drug-likeness (QED) is 0.359. The number of hydrogen-bond donors (Lipinski definition) is 3. The normalized spacial score (nSPS) is 21.6. The second-order valence-corrected chi connectivity index (χ2v) is 10.8. The van der Waals surface area contributed by atoms with E-state index < -0.39 is 40.6 Å². The maximum atomic E-state index is 13.0. The van der Waals surface area contributed by atoms with Gasteiger partial charge >= 0.3 is 11.9 Å². The minimum atomic E-state index is -1.28. The molecule has 1 aliphatic rings. The molecule has 0 unspecified atom stereocenters. The molecule has 1 aromatic heterocycles. The van der Waals surface area contributed by atoms with E-state index in [0.29, 0.717) is 34.1 Å². The lowest BCUT2D eigenvalue weighted by Crippen LogP contribution is -2.49. The molecule has 11 heteroatoms. The van der Waals surface area contributed by atoms with Gasteiger partial charge in [0.2, 0.25) is 5.91 Å². The number of halogens is 3. The number of amides is 1. The standard InChI is InChI=1S/C25H27Cl3N2O6/c1-24(2)15(9-10-25(24,3)23(34)35)21(31)30-18(22(32)33)11-13-7-8-19(20(28)29-13)36-12-14-16(26)5-4-6-17(14)27/h4-8,15,18H,9-12H2,1-3H3,(H,30,31)(H,32,33)(H,34,35)/t15-,18+,25-/m0/s1. The molecule has 194 valence electrons. The predicted octanol–water partition coefficient (Wildman–Crippen LogP) is 5.26. The van der Waals surface area contributed by atoms with Gasteiger partial charge in [-0.15, -0.1) is 0 Å². The van der Waals surface area contributed by atoms with Crippen molar-refractivity contribution in [3.63, 3.8) is 0 Å². The van der Waals surface area contributed by atoms with E-state index in [1.54, 1.807) is 51.1 Å². The van der Waals surface area contributed by atoms with E-state index >= 15 is 0 Å². The topological polar surface area (TPSA) is 126 Å². The van der Waals surface area contributed by atoms with Gasteiger partial charge in [-0.05, 0) is 49.4 Å². The first-order valence-corrected chi connectivity index (χ1v) is 12.4. The number of rotatable bonds is 9. The molecule has 0 saturated heterocycles. The summed E-state index contributed by atoms with van der Waals surface area (Å²) < 4.78 is 5.69. The average Bonchev–Trinajstić information content (AvgIpc) is 3.04. The molecule has 0 aliphatic heterocycles. The van der Waals surface area contributed by atoms with E-state index in [9.17, 15) is 24.6 Å². The number of nitrogens with one attached hydrogen (secondary N) is 1. The summed E-state index contributed by atoms with van der Waals surface area (Å²) in [7, 11) is 0. The van der Waals surface area contributed by atoms with Crippen LogP contribution in [0.3, 0.4) is 0 Å².